The highest BCUT2D eigenvalue weighted by molar-refractivity contribution is 9.10. The van der Waals surface area contributed by atoms with E-state index >= 15 is 0 Å². The number of nitrogens with zero attached hydrogens (tertiary/aromatic N) is 2. The van der Waals surface area contributed by atoms with Crippen LogP contribution in [0.3, 0.4) is 0 Å². The predicted molar refractivity (Wildman–Crippen MR) is 83.8 cm³/mol. The van der Waals surface area contributed by atoms with E-state index in [1.165, 1.54) is 5.56 Å². The summed E-state index contributed by atoms with van der Waals surface area (Å²) in [5.74, 6) is 0.856. The molecule has 0 radical (unpaired) electrons. The Labute approximate surface area is 128 Å². The molecule has 1 aromatic carbocycles. The van der Waals surface area contributed by atoms with E-state index in [0.29, 0.717) is 6.61 Å². The summed E-state index contributed by atoms with van der Waals surface area (Å²) in [6.07, 6.45) is 4.80. The fourth-order valence-corrected chi connectivity index (χ4v) is 2.58. The molecule has 0 unspecified atom stereocenters. The molecular formula is C15H20BrN3O. The molecule has 1 N–H and O–H groups in total. The average Bonchev–Trinajstić information content (AvgIpc) is 2.86. The van der Waals surface area contributed by atoms with Gasteiger partial charge in [0.25, 0.3) is 0 Å². The highest BCUT2D eigenvalue weighted by atomic mass is 79.9. The lowest BCUT2D eigenvalue weighted by Gasteiger charge is -2.11. The summed E-state index contributed by atoms with van der Waals surface area (Å²) in [6, 6.07) is 6.15. The maximum absolute atomic E-state index is 5.87. The van der Waals surface area contributed by atoms with Crippen LogP contribution in [0.4, 0.5) is 0 Å². The van der Waals surface area contributed by atoms with Crippen LogP contribution in [0.2, 0.25) is 0 Å². The average molecular weight is 338 g/mol. The summed E-state index contributed by atoms with van der Waals surface area (Å²) in [6.45, 7) is 4.51. The van der Waals surface area contributed by atoms with Crippen LogP contribution in [-0.2, 0) is 19.7 Å². The van der Waals surface area contributed by atoms with Gasteiger partial charge in [0.2, 0.25) is 0 Å². The van der Waals surface area contributed by atoms with Crippen molar-refractivity contribution in [3.63, 3.8) is 0 Å². The lowest BCUT2D eigenvalue weighted by Crippen LogP contribution is -2.06. The standard InChI is InChI=1S/C15H20BrN3O/c1-3-6-19-11-18-9-13(19)10-20-15-5-4-12(8-17-2)7-14(15)16/h4-5,7,9,11,17H,3,6,8,10H2,1-2H3. The molecule has 2 rings (SSSR count). The van der Waals surface area contributed by atoms with E-state index in [4.69, 9.17) is 4.74 Å². The molecule has 0 saturated heterocycles. The Balaban J connectivity index is 2.01. The van der Waals surface area contributed by atoms with Gasteiger partial charge in [0.1, 0.15) is 12.4 Å². The number of halogens is 1. The van der Waals surface area contributed by atoms with E-state index in [1.54, 1.807) is 0 Å². The first-order chi connectivity index (χ1) is 9.74. The SMILES string of the molecule is CCCn1cncc1COc1ccc(CNC)cc1Br. The Morgan fingerprint density at radius 3 is 2.95 bits per heavy atom. The number of nitrogens with one attached hydrogen (secondary N) is 1. The lowest BCUT2D eigenvalue weighted by molar-refractivity contribution is 0.292. The van der Waals surface area contributed by atoms with Crippen LogP contribution >= 0.6 is 15.9 Å². The largest absolute Gasteiger partial charge is 0.486 e. The summed E-state index contributed by atoms with van der Waals surface area (Å²) >= 11 is 3.56. The van der Waals surface area contributed by atoms with E-state index in [-0.39, 0.29) is 0 Å². The van der Waals surface area contributed by atoms with Gasteiger partial charge in [-0.05, 0) is 47.1 Å². The van der Waals surface area contributed by atoms with Crippen molar-refractivity contribution in [3.8, 4) is 5.75 Å². The fourth-order valence-electron chi connectivity index (χ4n) is 2.04. The second-order valence-electron chi connectivity index (χ2n) is 4.66. The van der Waals surface area contributed by atoms with Crippen molar-refractivity contribution in [2.45, 2.75) is 33.0 Å². The minimum atomic E-state index is 0.532. The Morgan fingerprint density at radius 2 is 2.25 bits per heavy atom. The lowest BCUT2D eigenvalue weighted by atomic mass is 10.2. The molecule has 5 heteroatoms. The molecule has 108 valence electrons. The second-order valence-corrected chi connectivity index (χ2v) is 5.52. The van der Waals surface area contributed by atoms with Crippen LogP contribution in [0.5, 0.6) is 5.75 Å². The Morgan fingerprint density at radius 1 is 1.40 bits per heavy atom. The molecule has 0 bridgehead atoms. The number of hydrogen-bond acceptors (Lipinski definition) is 3. The minimum absolute atomic E-state index is 0.532. The summed E-state index contributed by atoms with van der Waals surface area (Å²) in [5, 5.41) is 3.13. The van der Waals surface area contributed by atoms with Crippen LogP contribution in [0.25, 0.3) is 0 Å². The molecule has 0 aliphatic carbocycles. The van der Waals surface area contributed by atoms with Crippen molar-refractivity contribution in [3.05, 3.63) is 46.5 Å². The third-order valence-corrected chi connectivity index (χ3v) is 3.64. The Hall–Kier alpha value is -1.33. The molecule has 1 aromatic heterocycles. The number of ether oxygens (including phenoxy) is 1. The quantitative estimate of drug-likeness (QED) is 0.841. The van der Waals surface area contributed by atoms with Gasteiger partial charge in [-0.1, -0.05) is 13.0 Å². The van der Waals surface area contributed by atoms with Crippen molar-refractivity contribution >= 4 is 15.9 Å². The van der Waals surface area contributed by atoms with Gasteiger partial charge in [0.15, 0.2) is 0 Å². The van der Waals surface area contributed by atoms with Gasteiger partial charge in [-0.25, -0.2) is 4.98 Å². The van der Waals surface area contributed by atoms with Gasteiger partial charge in [-0.2, -0.15) is 0 Å². The van der Waals surface area contributed by atoms with E-state index in [0.717, 1.165) is 35.4 Å². The summed E-state index contributed by atoms with van der Waals surface area (Å²) in [5.41, 5.74) is 2.32. The molecule has 20 heavy (non-hydrogen) atoms. The molecule has 2 aromatic rings. The minimum Gasteiger partial charge on any atom is -0.486 e. The van der Waals surface area contributed by atoms with Crippen LogP contribution in [-0.4, -0.2) is 16.6 Å². The first-order valence-electron chi connectivity index (χ1n) is 6.79. The molecule has 0 saturated carbocycles. The van der Waals surface area contributed by atoms with Crippen molar-refractivity contribution in [1.82, 2.24) is 14.9 Å². The van der Waals surface area contributed by atoms with E-state index in [2.05, 4.69) is 49.9 Å². The third kappa shape index (κ3) is 3.84. The molecule has 0 spiro atoms. The van der Waals surface area contributed by atoms with Crippen molar-refractivity contribution in [1.29, 1.82) is 0 Å². The van der Waals surface area contributed by atoms with E-state index in [9.17, 15) is 0 Å². The number of aryl methyl sites for hydroxylation is 1. The Kier molecular flexibility index (Phi) is 5.61. The zero-order valence-electron chi connectivity index (χ0n) is 11.9. The van der Waals surface area contributed by atoms with Crippen molar-refractivity contribution < 1.29 is 4.74 Å². The van der Waals surface area contributed by atoms with Crippen LogP contribution < -0.4 is 10.1 Å². The molecule has 1 heterocycles. The monoisotopic (exact) mass is 337 g/mol. The molecule has 0 amide bonds. The second kappa shape index (κ2) is 7.45. The summed E-state index contributed by atoms with van der Waals surface area (Å²) in [4.78, 5) is 4.18. The van der Waals surface area contributed by atoms with Gasteiger partial charge in [0, 0.05) is 13.1 Å². The third-order valence-electron chi connectivity index (χ3n) is 3.02. The zero-order valence-corrected chi connectivity index (χ0v) is 13.5. The van der Waals surface area contributed by atoms with Gasteiger partial charge in [-0.15, -0.1) is 0 Å². The van der Waals surface area contributed by atoms with Crippen LogP contribution in [0, 0.1) is 0 Å². The smallest absolute Gasteiger partial charge is 0.134 e. The Bertz CT molecular complexity index is 554. The van der Waals surface area contributed by atoms with Crippen LogP contribution in [0.1, 0.15) is 24.6 Å². The maximum Gasteiger partial charge on any atom is 0.134 e. The summed E-state index contributed by atoms with van der Waals surface area (Å²) < 4.78 is 8.98. The maximum atomic E-state index is 5.87. The number of hydrogen-bond donors (Lipinski definition) is 1. The van der Waals surface area contributed by atoms with Gasteiger partial charge in [-0.3, -0.25) is 0 Å². The molecule has 0 atom stereocenters. The van der Waals surface area contributed by atoms with Gasteiger partial charge in [0.05, 0.1) is 22.7 Å². The molecule has 4 nitrogen and oxygen atoms in total. The van der Waals surface area contributed by atoms with E-state index < -0.39 is 0 Å². The molecule has 0 fully saturated rings. The number of benzene rings is 1. The van der Waals surface area contributed by atoms with E-state index in [1.807, 2.05) is 25.6 Å². The fraction of sp³-hybridized carbons (Fsp3) is 0.400. The molecular weight excluding hydrogens is 318 g/mol. The number of imidazole rings is 1. The normalized spacial score (nSPS) is 10.8. The van der Waals surface area contributed by atoms with Gasteiger partial charge >= 0.3 is 0 Å². The zero-order chi connectivity index (χ0) is 14.4. The first-order valence-corrected chi connectivity index (χ1v) is 7.58. The molecule has 0 aliphatic rings. The highest BCUT2D eigenvalue weighted by Crippen LogP contribution is 2.26. The topological polar surface area (TPSA) is 39.1 Å². The highest BCUT2D eigenvalue weighted by Gasteiger charge is 2.06. The van der Waals surface area contributed by atoms with Gasteiger partial charge < -0.3 is 14.6 Å². The first kappa shape index (κ1) is 15.1. The van der Waals surface area contributed by atoms with Crippen molar-refractivity contribution in [2.24, 2.45) is 0 Å². The predicted octanol–water partition coefficient (Wildman–Crippen LogP) is 3.35. The van der Waals surface area contributed by atoms with Crippen molar-refractivity contribution in [2.75, 3.05) is 7.05 Å². The number of rotatable bonds is 7. The number of aromatic nitrogens is 2. The summed E-state index contributed by atoms with van der Waals surface area (Å²) in [7, 11) is 1.94. The van der Waals surface area contributed by atoms with Crippen LogP contribution in [0.15, 0.2) is 35.2 Å². The molecule has 0 aliphatic heterocycles.